The van der Waals surface area contributed by atoms with Gasteiger partial charge >= 0.3 is 0 Å². The molecule has 0 saturated heterocycles. The standard InChI is InChI=1S/C24H33N5O4/c1-17-13-19(18(2)28(17)8-5-11-31-3)24(30)27-10-7-22-20(14-27)23(21-15-33-16-25-21)26-29(22)9-6-12-32-4/h13,15-16H,5-12,14H2,1-4H3. The maximum Gasteiger partial charge on any atom is 0.255 e. The summed E-state index contributed by atoms with van der Waals surface area (Å²) in [5.41, 5.74) is 6.57. The summed E-state index contributed by atoms with van der Waals surface area (Å²) in [5, 5.41) is 4.83. The molecule has 0 saturated carbocycles. The number of aromatic nitrogens is 4. The molecule has 0 bridgehead atoms. The fourth-order valence-electron chi connectivity index (χ4n) is 4.64. The molecule has 178 valence electrons. The topological polar surface area (TPSA) is 87.5 Å². The van der Waals surface area contributed by atoms with E-state index < -0.39 is 0 Å². The van der Waals surface area contributed by atoms with Crippen LogP contribution in [0.3, 0.4) is 0 Å². The monoisotopic (exact) mass is 455 g/mol. The normalized spacial score (nSPS) is 13.5. The van der Waals surface area contributed by atoms with E-state index in [1.165, 1.54) is 6.39 Å². The summed E-state index contributed by atoms with van der Waals surface area (Å²) in [6, 6.07) is 2.01. The molecular formula is C24H33N5O4. The van der Waals surface area contributed by atoms with Crippen LogP contribution in [0.4, 0.5) is 0 Å². The van der Waals surface area contributed by atoms with E-state index in [1.807, 2.05) is 22.6 Å². The van der Waals surface area contributed by atoms with Gasteiger partial charge in [-0.1, -0.05) is 0 Å². The number of hydrogen-bond acceptors (Lipinski definition) is 6. The molecule has 4 rings (SSSR count). The Morgan fingerprint density at radius 2 is 1.91 bits per heavy atom. The number of rotatable bonds is 10. The molecule has 1 aliphatic heterocycles. The Balaban J connectivity index is 1.58. The number of amides is 1. The summed E-state index contributed by atoms with van der Waals surface area (Å²) in [7, 11) is 3.42. The number of methoxy groups -OCH3 is 2. The lowest BCUT2D eigenvalue weighted by Crippen LogP contribution is -2.36. The van der Waals surface area contributed by atoms with E-state index in [1.54, 1.807) is 20.5 Å². The van der Waals surface area contributed by atoms with Gasteiger partial charge in [0, 0.05) is 76.1 Å². The first-order valence-corrected chi connectivity index (χ1v) is 11.5. The fraction of sp³-hybridized carbons (Fsp3) is 0.542. The molecule has 3 aromatic rings. The lowest BCUT2D eigenvalue weighted by Gasteiger charge is -2.28. The van der Waals surface area contributed by atoms with Gasteiger partial charge in [-0.2, -0.15) is 5.10 Å². The summed E-state index contributed by atoms with van der Waals surface area (Å²) in [6.45, 7) is 8.24. The Morgan fingerprint density at radius 3 is 2.61 bits per heavy atom. The Labute approximate surface area is 194 Å². The average molecular weight is 456 g/mol. The van der Waals surface area contributed by atoms with Crippen LogP contribution in [0.2, 0.25) is 0 Å². The van der Waals surface area contributed by atoms with Crippen LogP contribution in [0.5, 0.6) is 0 Å². The van der Waals surface area contributed by atoms with Crippen molar-refractivity contribution in [1.29, 1.82) is 0 Å². The van der Waals surface area contributed by atoms with Crippen molar-refractivity contribution in [2.24, 2.45) is 0 Å². The van der Waals surface area contributed by atoms with E-state index in [2.05, 4.69) is 16.5 Å². The van der Waals surface area contributed by atoms with Crippen LogP contribution in [0, 0.1) is 13.8 Å². The second-order valence-electron chi connectivity index (χ2n) is 8.48. The fourth-order valence-corrected chi connectivity index (χ4v) is 4.64. The summed E-state index contributed by atoms with van der Waals surface area (Å²) >= 11 is 0. The molecule has 0 radical (unpaired) electrons. The number of carbonyl (C=O) groups is 1. The molecule has 0 fully saturated rings. The van der Waals surface area contributed by atoms with E-state index in [0.29, 0.717) is 32.0 Å². The molecular weight excluding hydrogens is 422 g/mol. The molecule has 4 heterocycles. The first-order chi connectivity index (χ1) is 16.0. The molecule has 3 aromatic heterocycles. The summed E-state index contributed by atoms with van der Waals surface area (Å²) in [6.07, 6.45) is 5.56. The molecule has 0 aromatic carbocycles. The number of carbonyl (C=O) groups excluding carboxylic acids is 1. The Morgan fingerprint density at radius 1 is 1.15 bits per heavy atom. The molecule has 0 N–H and O–H groups in total. The lowest BCUT2D eigenvalue weighted by atomic mass is 10.0. The minimum Gasteiger partial charge on any atom is -0.451 e. The number of aryl methyl sites for hydroxylation is 2. The SMILES string of the molecule is COCCCn1nc(-c2cocn2)c2c1CCN(C(=O)c1cc(C)n(CCCOC)c1C)C2. The van der Waals surface area contributed by atoms with Crippen molar-refractivity contribution in [3.63, 3.8) is 0 Å². The zero-order valence-corrected chi connectivity index (χ0v) is 20.0. The molecule has 0 aliphatic carbocycles. The van der Waals surface area contributed by atoms with E-state index >= 15 is 0 Å². The van der Waals surface area contributed by atoms with Crippen LogP contribution < -0.4 is 0 Å². The van der Waals surface area contributed by atoms with Crippen LogP contribution >= 0.6 is 0 Å². The number of nitrogens with zero attached hydrogens (tertiary/aromatic N) is 5. The summed E-state index contributed by atoms with van der Waals surface area (Å²) < 4.78 is 19.9. The maximum absolute atomic E-state index is 13.6. The van der Waals surface area contributed by atoms with Gasteiger partial charge in [0.15, 0.2) is 6.39 Å². The van der Waals surface area contributed by atoms with Gasteiger partial charge in [-0.05, 0) is 32.8 Å². The Bertz CT molecular complexity index is 1080. The zero-order chi connectivity index (χ0) is 23.4. The Hall–Kier alpha value is -2.91. The van der Waals surface area contributed by atoms with Gasteiger partial charge in [-0.15, -0.1) is 0 Å². The molecule has 0 spiro atoms. The smallest absolute Gasteiger partial charge is 0.255 e. The number of ether oxygens (including phenoxy) is 2. The van der Waals surface area contributed by atoms with Crippen LogP contribution in [-0.4, -0.2) is 64.1 Å². The minimum atomic E-state index is 0.0602. The first kappa shape index (κ1) is 23.3. The average Bonchev–Trinajstić information content (AvgIpc) is 3.53. The summed E-state index contributed by atoms with van der Waals surface area (Å²) in [5.74, 6) is 0.0602. The third-order valence-electron chi connectivity index (χ3n) is 6.35. The van der Waals surface area contributed by atoms with Crippen molar-refractivity contribution in [3.8, 4) is 11.4 Å². The lowest BCUT2D eigenvalue weighted by molar-refractivity contribution is 0.0732. The van der Waals surface area contributed by atoms with Gasteiger partial charge in [0.05, 0.1) is 12.1 Å². The molecule has 1 aliphatic rings. The highest BCUT2D eigenvalue weighted by molar-refractivity contribution is 5.96. The third-order valence-corrected chi connectivity index (χ3v) is 6.35. The van der Waals surface area contributed by atoms with E-state index in [9.17, 15) is 4.79 Å². The largest absolute Gasteiger partial charge is 0.451 e. The molecule has 0 unspecified atom stereocenters. The van der Waals surface area contributed by atoms with E-state index in [4.69, 9.17) is 19.0 Å². The van der Waals surface area contributed by atoms with Crippen LogP contribution in [-0.2, 0) is 35.5 Å². The number of fused-ring (bicyclic) bond motifs is 1. The summed E-state index contributed by atoms with van der Waals surface area (Å²) in [4.78, 5) is 19.8. The van der Waals surface area contributed by atoms with Crippen LogP contribution in [0.1, 0.15) is 45.8 Å². The van der Waals surface area contributed by atoms with Gasteiger partial charge in [0.1, 0.15) is 17.7 Å². The zero-order valence-electron chi connectivity index (χ0n) is 20.0. The van der Waals surface area contributed by atoms with Gasteiger partial charge in [0.2, 0.25) is 0 Å². The first-order valence-electron chi connectivity index (χ1n) is 11.5. The highest BCUT2D eigenvalue weighted by Crippen LogP contribution is 2.31. The van der Waals surface area contributed by atoms with Crippen molar-refractivity contribution < 1.29 is 18.7 Å². The molecule has 9 nitrogen and oxygen atoms in total. The van der Waals surface area contributed by atoms with Crippen molar-refractivity contribution in [1.82, 2.24) is 24.2 Å². The second kappa shape index (κ2) is 10.4. The van der Waals surface area contributed by atoms with Gasteiger partial charge in [0.25, 0.3) is 5.91 Å². The maximum atomic E-state index is 13.6. The van der Waals surface area contributed by atoms with Gasteiger partial charge in [-0.3, -0.25) is 9.48 Å². The predicted molar refractivity (Wildman–Crippen MR) is 123 cm³/mol. The van der Waals surface area contributed by atoms with Gasteiger partial charge < -0.3 is 23.4 Å². The molecule has 0 atom stereocenters. The number of hydrogen-bond donors (Lipinski definition) is 0. The van der Waals surface area contributed by atoms with Crippen LogP contribution in [0.15, 0.2) is 23.1 Å². The molecule has 9 heteroatoms. The van der Waals surface area contributed by atoms with Crippen LogP contribution in [0.25, 0.3) is 11.4 Å². The highest BCUT2D eigenvalue weighted by Gasteiger charge is 2.30. The molecule has 33 heavy (non-hydrogen) atoms. The number of oxazole rings is 1. The minimum absolute atomic E-state index is 0.0602. The third kappa shape index (κ3) is 4.74. The van der Waals surface area contributed by atoms with E-state index in [-0.39, 0.29) is 5.91 Å². The highest BCUT2D eigenvalue weighted by atomic mass is 16.5. The second-order valence-corrected chi connectivity index (χ2v) is 8.48. The van der Waals surface area contributed by atoms with Crippen molar-refractivity contribution in [3.05, 3.63) is 46.9 Å². The quantitative estimate of drug-likeness (QED) is 0.436. The molecule has 1 amide bonds. The van der Waals surface area contributed by atoms with Crippen molar-refractivity contribution in [2.45, 2.75) is 52.7 Å². The van der Waals surface area contributed by atoms with Crippen molar-refractivity contribution >= 4 is 5.91 Å². The van der Waals surface area contributed by atoms with Crippen molar-refractivity contribution in [2.75, 3.05) is 34.0 Å². The van der Waals surface area contributed by atoms with E-state index in [0.717, 1.165) is 66.3 Å². The predicted octanol–water partition coefficient (Wildman–Crippen LogP) is 3.23. The Kier molecular flexibility index (Phi) is 7.29. The van der Waals surface area contributed by atoms with Gasteiger partial charge in [-0.25, -0.2) is 4.98 Å².